The van der Waals surface area contributed by atoms with E-state index in [1.54, 1.807) is 0 Å². The van der Waals surface area contributed by atoms with Gasteiger partial charge in [-0.25, -0.2) is 9.59 Å². The summed E-state index contributed by atoms with van der Waals surface area (Å²) in [5.74, 6) is -0.555. The summed E-state index contributed by atoms with van der Waals surface area (Å²) in [4.78, 5) is 24.2. The highest BCUT2D eigenvalue weighted by atomic mass is 16.6. The Morgan fingerprint density at radius 2 is 1.70 bits per heavy atom. The fourth-order valence-electron chi connectivity index (χ4n) is 3.83. The normalized spacial score (nSPS) is 19.3. The van der Waals surface area contributed by atoms with Gasteiger partial charge in [-0.1, -0.05) is 58.0 Å². The molecule has 0 aromatic heterocycles. The molecule has 0 saturated heterocycles. The SMILES string of the molecule is COC(=O)[C@H](COC1C(C)(C)CCC1(C)C)NC(=O)OCc1ccccc1. The monoisotopic (exact) mass is 377 g/mol. The number of methoxy groups -OCH3 is 1. The molecule has 0 radical (unpaired) electrons. The zero-order valence-corrected chi connectivity index (χ0v) is 16.9. The number of carbonyl (C=O) groups excluding carboxylic acids is 2. The van der Waals surface area contributed by atoms with Crippen LogP contribution in [-0.4, -0.2) is 37.9 Å². The topological polar surface area (TPSA) is 73.9 Å². The minimum atomic E-state index is -0.912. The number of alkyl carbamates (subject to hydrolysis) is 1. The highest BCUT2D eigenvalue weighted by Crippen LogP contribution is 2.50. The molecule has 27 heavy (non-hydrogen) atoms. The standard InChI is InChI=1S/C21H31NO5/c1-20(2)11-12-21(3,4)18(20)26-14-16(17(23)25-5)22-19(24)27-13-15-9-7-6-8-10-15/h6-10,16,18H,11-14H2,1-5H3,(H,22,24)/t16-/m0/s1. The Balaban J connectivity index is 1.93. The highest BCUT2D eigenvalue weighted by Gasteiger charge is 2.48. The zero-order chi connectivity index (χ0) is 20.1. The van der Waals surface area contributed by atoms with Crippen LogP contribution in [0.5, 0.6) is 0 Å². The first kappa shape index (κ1) is 21.2. The third-order valence-corrected chi connectivity index (χ3v) is 5.25. The van der Waals surface area contributed by atoms with Gasteiger partial charge in [-0.3, -0.25) is 0 Å². The first-order chi connectivity index (χ1) is 12.7. The van der Waals surface area contributed by atoms with Crippen molar-refractivity contribution in [3.63, 3.8) is 0 Å². The van der Waals surface area contributed by atoms with Crippen molar-refractivity contribution in [2.24, 2.45) is 10.8 Å². The summed E-state index contributed by atoms with van der Waals surface area (Å²) in [5, 5.41) is 2.56. The summed E-state index contributed by atoms with van der Waals surface area (Å²) < 4.78 is 16.1. The Kier molecular flexibility index (Phi) is 6.87. The fraction of sp³-hybridized carbons (Fsp3) is 0.619. The molecule has 0 unspecified atom stereocenters. The molecule has 6 heteroatoms. The minimum absolute atomic E-state index is 0.0119. The summed E-state index contributed by atoms with van der Waals surface area (Å²) in [5.41, 5.74) is 0.892. The zero-order valence-electron chi connectivity index (χ0n) is 16.9. The minimum Gasteiger partial charge on any atom is -0.467 e. The molecule has 2 rings (SSSR count). The number of hydrogen-bond acceptors (Lipinski definition) is 5. The molecule has 0 heterocycles. The van der Waals surface area contributed by atoms with E-state index in [-0.39, 0.29) is 30.1 Å². The summed E-state index contributed by atoms with van der Waals surface area (Å²) in [7, 11) is 1.29. The summed E-state index contributed by atoms with van der Waals surface area (Å²) in [6.07, 6.45) is 1.42. The molecule has 1 amide bonds. The lowest BCUT2D eigenvalue weighted by Crippen LogP contribution is -2.47. The lowest BCUT2D eigenvalue weighted by molar-refractivity contribution is -0.147. The van der Waals surface area contributed by atoms with Crippen molar-refractivity contribution in [2.75, 3.05) is 13.7 Å². The van der Waals surface area contributed by atoms with Crippen LogP contribution in [-0.2, 0) is 25.6 Å². The van der Waals surface area contributed by atoms with E-state index in [4.69, 9.17) is 14.2 Å². The molecule has 1 aromatic carbocycles. The van der Waals surface area contributed by atoms with Gasteiger partial charge in [-0.15, -0.1) is 0 Å². The van der Waals surface area contributed by atoms with E-state index in [0.29, 0.717) is 0 Å². The van der Waals surface area contributed by atoms with Crippen molar-refractivity contribution in [1.82, 2.24) is 5.32 Å². The molecule has 0 spiro atoms. The van der Waals surface area contributed by atoms with Crippen LogP contribution in [0.2, 0.25) is 0 Å². The van der Waals surface area contributed by atoms with E-state index in [1.807, 2.05) is 30.3 Å². The van der Waals surface area contributed by atoms with Gasteiger partial charge in [0.1, 0.15) is 6.61 Å². The molecule has 1 aliphatic rings. The molecule has 1 fully saturated rings. The average molecular weight is 377 g/mol. The van der Waals surface area contributed by atoms with Gasteiger partial charge in [0.05, 0.1) is 19.8 Å². The van der Waals surface area contributed by atoms with E-state index in [0.717, 1.165) is 18.4 Å². The van der Waals surface area contributed by atoms with Gasteiger partial charge >= 0.3 is 12.1 Å². The summed E-state index contributed by atoms with van der Waals surface area (Å²) >= 11 is 0. The molecular formula is C21H31NO5. The van der Waals surface area contributed by atoms with Crippen LogP contribution in [0.3, 0.4) is 0 Å². The van der Waals surface area contributed by atoms with Crippen molar-refractivity contribution >= 4 is 12.1 Å². The second-order valence-corrected chi connectivity index (χ2v) is 8.47. The largest absolute Gasteiger partial charge is 0.467 e. The lowest BCUT2D eigenvalue weighted by atomic mass is 9.81. The Bertz CT molecular complexity index is 625. The van der Waals surface area contributed by atoms with E-state index < -0.39 is 18.1 Å². The van der Waals surface area contributed by atoms with Crippen molar-refractivity contribution in [2.45, 2.75) is 59.3 Å². The van der Waals surface area contributed by atoms with Crippen LogP contribution in [0, 0.1) is 10.8 Å². The third-order valence-electron chi connectivity index (χ3n) is 5.25. The second kappa shape index (κ2) is 8.74. The van der Waals surface area contributed by atoms with Crippen molar-refractivity contribution in [3.8, 4) is 0 Å². The molecule has 1 aliphatic carbocycles. The fourth-order valence-corrected chi connectivity index (χ4v) is 3.83. The molecule has 0 bridgehead atoms. The van der Waals surface area contributed by atoms with E-state index in [2.05, 4.69) is 33.0 Å². The molecule has 1 aromatic rings. The van der Waals surface area contributed by atoms with Gasteiger partial charge in [0.2, 0.25) is 0 Å². The van der Waals surface area contributed by atoms with E-state index in [9.17, 15) is 9.59 Å². The molecule has 1 saturated carbocycles. The number of ether oxygens (including phenoxy) is 3. The van der Waals surface area contributed by atoms with Crippen LogP contribution in [0.15, 0.2) is 30.3 Å². The van der Waals surface area contributed by atoms with Crippen LogP contribution >= 0.6 is 0 Å². The number of esters is 1. The predicted molar refractivity (Wildman–Crippen MR) is 102 cm³/mol. The maximum Gasteiger partial charge on any atom is 0.408 e. The molecule has 1 atom stereocenters. The first-order valence-electron chi connectivity index (χ1n) is 9.32. The quantitative estimate of drug-likeness (QED) is 0.734. The van der Waals surface area contributed by atoms with Gasteiger partial charge < -0.3 is 19.5 Å². The molecule has 0 aliphatic heterocycles. The van der Waals surface area contributed by atoms with Gasteiger partial charge in [0, 0.05) is 0 Å². The Morgan fingerprint density at radius 3 is 2.26 bits per heavy atom. The van der Waals surface area contributed by atoms with Crippen LogP contribution < -0.4 is 5.32 Å². The lowest BCUT2D eigenvalue weighted by Gasteiger charge is -2.36. The smallest absolute Gasteiger partial charge is 0.408 e. The number of benzene rings is 1. The van der Waals surface area contributed by atoms with Gasteiger partial charge in [0.25, 0.3) is 0 Å². The third kappa shape index (κ3) is 5.70. The number of amides is 1. The van der Waals surface area contributed by atoms with Crippen LogP contribution in [0.4, 0.5) is 4.79 Å². The molecule has 150 valence electrons. The van der Waals surface area contributed by atoms with Crippen molar-refractivity contribution in [3.05, 3.63) is 35.9 Å². The van der Waals surface area contributed by atoms with E-state index in [1.165, 1.54) is 7.11 Å². The number of rotatable bonds is 7. The van der Waals surface area contributed by atoms with Gasteiger partial charge in [-0.05, 0) is 29.2 Å². The van der Waals surface area contributed by atoms with Crippen molar-refractivity contribution in [1.29, 1.82) is 0 Å². The van der Waals surface area contributed by atoms with Crippen molar-refractivity contribution < 1.29 is 23.8 Å². The van der Waals surface area contributed by atoms with Gasteiger partial charge in [-0.2, -0.15) is 0 Å². The van der Waals surface area contributed by atoms with E-state index >= 15 is 0 Å². The average Bonchev–Trinajstić information content (AvgIpc) is 2.85. The summed E-state index contributed by atoms with van der Waals surface area (Å²) in [6.45, 7) is 8.85. The first-order valence-corrected chi connectivity index (χ1v) is 9.32. The molecular weight excluding hydrogens is 346 g/mol. The second-order valence-electron chi connectivity index (χ2n) is 8.47. The highest BCUT2D eigenvalue weighted by molar-refractivity contribution is 5.81. The number of hydrogen-bond donors (Lipinski definition) is 1. The van der Waals surface area contributed by atoms with Crippen LogP contribution in [0.1, 0.15) is 46.1 Å². The maximum absolute atomic E-state index is 12.1. The van der Waals surface area contributed by atoms with Gasteiger partial charge in [0.15, 0.2) is 6.04 Å². The molecule has 1 N–H and O–H groups in total. The molecule has 6 nitrogen and oxygen atoms in total. The Morgan fingerprint density at radius 1 is 1.11 bits per heavy atom. The number of carbonyl (C=O) groups is 2. The van der Waals surface area contributed by atoms with Crippen LogP contribution in [0.25, 0.3) is 0 Å². The predicted octanol–water partition coefficient (Wildman–Crippen LogP) is 3.69. The Labute approximate surface area is 161 Å². The summed E-state index contributed by atoms with van der Waals surface area (Å²) in [6, 6.07) is 8.43. The number of nitrogens with one attached hydrogen (secondary N) is 1. The maximum atomic E-state index is 12.1. The Hall–Kier alpha value is -2.08.